The number of amides is 1. The topological polar surface area (TPSA) is 56.7 Å². The van der Waals surface area contributed by atoms with Gasteiger partial charge in [0.15, 0.2) is 5.96 Å². The molecular weight excluding hydrogens is 483 g/mol. The van der Waals surface area contributed by atoms with Gasteiger partial charge in [-0.2, -0.15) is 0 Å². The predicted octanol–water partition coefficient (Wildman–Crippen LogP) is 2.99. The molecule has 5 nitrogen and oxygen atoms in total. The normalized spacial score (nSPS) is 11.5. The fourth-order valence-electron chi connectivity index (χ4n) is 2.04. The second kappa shape index (κ2) is 10.9. The van der Waals surface area contributed by atoms with Crippen LogP contribution in [0.1, 0.15) is 26.3 Å². The summed E-state index contributed by atoms with van der Waals surface area (Å²) >= 11 is 3.61. The molecule has 7 heteroatoms. The van der Waals surface area contributed by atoms with Gasteiger partial charge in [-0.3, -0.25) is 4.79 Å². The van der Waals surface area contributed by atoms with Crippen molar-refractivity contribution >= 4 is 51.8 Å². The molecule has 0 saturated heterocycles. The van der Waals surface area contributed by atoms with Crippen molar-refractivity contribution in [1.29, 1.82) is 0 Å². The third-order valence-corrected chi connectivity index (χ3v) is 4.21. The minimum atomic E-state index is -0.0815. The summed E-state index contributed by atoms with van der Waals surface area (Å²) in [4.78, 5) is 17.6. The van der Waals surface area contributed by atoms with Gasteiger partial charge in [0.1, 0.15) is 6.54 Å². The molecule has 0 atom stereocenters. The molecular formula is C17H28BrIN4O. The lowest BCUT2D eigenvalue weighted by Crippen LogP contribution is -2.44. The molecule has 0 bridgehead atoms. The third-order valence-electron chi connectivity index (χ3n) is 3.52. The maximum atomic E-state index is 11.7. The number of nitrogens with zero attached hydrogens (tertiary/aromatic N) is 2. The monoisotopic (exact) mass is 510 g/mol. The van der Waals surface area contributed by atoms with Crippen molar-refractivity contribution in [1.82, 2.24) is 15.5 Å². The number of carbonyl (C=O) groups is 1. The van der Waals surface area contributed by atoms with Crippen LogP contribution in [0.4, 0.5) is 0 Å². The summed E-state index contributed by atoms with van der Waals surface area (Å²) < 4.78 is 1.09. The number of rotatable bonds is 6. The molecule has 0 aromatic heterocycles. The van der Waals surface area contributed by atoms with Crippen LogP contribution in [0, 0.1) is 0 Å². The molecule has 1 amide bonds. The summed E-state index contributed by atoms with van der Waals surface area (Å²) in [6.45, 7) is 7.94. The fourth-order valence-corrected chi connectivity index (χ4v) is 2.86. The van der Waals surface area contributed by atoms with Crippen LogP contribution in [0.2, 0.25) is 0 Å². The minimum absolute atomic E-state index is 0. The Morgan fingerprint density at radius 2 is 1.88 bits per heavy atom. The highest BCUT2D eigenvalue weighted by Crippen LogP contribution is 2.29. The second-order valence-electron chi connectivity index (χ2n) is 6.20. The van der Waals surface area contributed by atoms with E-state index in [4.69, 9.17) is 0 Å². The molecule has 0 aliphatic heterocycles. The van der Waals surface area contributed by atoms with E-state index in [0.29, 0.717) is 12.5 Å². The molecule has 0 spiro atoms. The van der Waals surface area contributed by atoms with E-state index in [1.807, 2.05) is 25.1 Å². The van der Waals surface area contributed by atoms with Crippen LogP contribution in [-0.4, -0.2) is 50.5 Å². The van der Waals surface area contributed by atoms with Gasteiger partial charge in [-0.1, -0.05) is 48.0 Å². The number of hydrogen-bond donors (Lipinski definition) is 2. The number of carbonyl (C=O) groups excluding carboxylic acids is 1. The van der Waals surface area contributed by atoms with Crippen LogP contribution in [0.15, 0.2) is 33.7 Å². The Morgan fingerprint density at radius 1 is 1.25 bits per heavy atom. The third kappa shape index (κ3) is 7.38. The quantitative estimate of drug-likeness (QED) is 0.351. The molecule has 0 radical (unpaired) electrons. The Bertz CT molecular complexity index is 561. The van der Waals surface area contributed by atoms with Crippen LogP contribution in [0.25, 0.3) is 0 Å². The van der Waals surface area contributed by atoms with E-state index in [9.17, 15) is 4.79 Å². The minimum Gasteiger partial charge on any atom is -0.357 e. The van der Waals surface area contributed by atoms with Crippen molar-refractivity contribution in [3.63, 3.8) is 0 Å². The fraction of sp³-hybridized carbons (Fsp3) is 0.529. The summed E-state index contributed by atoms with van der Waals surface area (Å²) in [5.74, 6) is 0.634. The SMILES string of the molecule is CCNC(=NCC(=O)N(C)C)NCC(C)(C)c1ccccc1Br.I. The van der Waals surface area contributed by atoms with Crippen molar-refractivity contribution in [3.8, 4) is 0 Å². The highest BCUT2D eigenvalue weighted by Gasteiger charge is 2.23. The summed E-state index contributed by atoms with van der Waals surface area (Å²) in [5, 5.41) is 6.50. The average Bonchev–Trinajstić information content (AvgIpc) is 2.49. The molecule has 0 aliphatic rings. The number of benzene rings is 1. The summed E-state index contributed by atoms with van der Waals surface area (Å²) in [7, 11) is 3.46. The van der Waals surface area contributed by atoms with E-state index in [1.54, 1.807) is 14.1 Å². The van der Waals surface area contributed by atoms with Crippen LogP contribution in [-0.2, 0) is 10.2 Å². The zero-order chi connectivity index (χ0) is 17.5. The highest BCUT2D eigenvalue weighted by atomic mass is 127. The first-order chi connectivity index (χ1) is 10.8. The Morgan fingerprint density at radius 3 is 2.42 bits per heavy atom. The lowest BCUT2D eigenvalue weighted by atomic mass is 9.84. The summed E-state index contributed by atoms with van der Waals surface area (Å²) in [6.07, 6.45) is 0. The number of likely N-dealkylation sites (N-methyl/N-ethyl adjacent to an activating group) is 1. The van der Waals surface area contributed by atoms with Gasteiger partial charge in [0, 0.05) is 37.1 Å². The second-order valence-corrected chi connectivity index (χ2v) is 7.05. The van der Waals surface area contributed by atoms with Crippen molar-refractivity contribution in [2.75, 3.05) is 33.7 Å². The first-order valence-corrected chi connectivity index (χ1v) is 8.54. The Labute approximate surface area is 170 Å². The molecule has 1 rings (SSSR count). The smallest absolute Gasteiger partial charge is 0.243 e. The molecule has 1 aromatic rings. The van der Waals surface area contributed by atoms with E-state index in [0.717, 1.165) is 11.0 Å². The standard InChI is InChI=1S/C17H27BrN4O.HI/c1-6-19-16(20-11-15(23)22(4)5)21-12-17(2,3)13-9-7-8-10-14(13)18;/h7-10H,6,11-12H2,1-5H3,(H2,19,20,21);1H. The maximum absolute atomic E-state index is 11.7. The van der Waals surface area contributed by atoms with Crippen LogP contribution in [0.5, 0.6) is 0 Å². The molecule has 136 valence electrons. The van der Waals surface area contributed by atoms with E-state index in [-0.39, 0.29) is 41.8 Å². The first kappa shape index (κ1) is 23.2. The number of halogens is 2. The Hall–Kier alpha value is -0.830. The molecule has 0 heterocycles. The van der Waals surface area contributed by atoms with Gasteiger partial charge in [-0.05, 0) is 18.6 Å². The van der Waals surface area contributed by atoms with E-state index < -0.39 is 0 Å². The Balaban J connectivity index is 0.00000529. The average molecular weight is 511 g/mol. The molecule has 0 saturated carbocycles. The lowest BCUT2D eigenvalue weighted by molar-refractivity contribution is -0.127. The number of nitrogens with one attached hydrogen (secondary N) is 2. The van der Waals surface area contributed by atoms with Gasteiger partial charge < -0.3 is 15.5 Å². The number of aliphatic imine (C=N–C) groups is 1. The molecule has 24 heavy (non-hydrogen) atoms. The highest BCUT2D eigenvalue weighted by molar-refractivity contribution is 14.0. The van der Waals surface area contributed by atoms with Crippen LogP contribution in [0.3, 0.4) is 0 Å². The van der Waals surface area contributed by atoms with Gasteiger partial charge in [0.25, 0.3) is 0 Å². The van der Waals surface area contributed by atoms with E-state index in [1.165, 1.54) is 10.5 Å². The summed E-state index contributed by atoms with van der Waals surface area (Å²) in [6, 6.07) is 8.21. The van der Waals surface area contributed by atoms with Gasteiger partial charge in [0.2, 0.25) is 5.91 Å². The zero-order valence-electron chi connectivity index (χ0n) is 15.0. The van der Waals surface area contributed by atoms with Gasteiger partial charge in [0.05, 0.1) is 0 Å². The predicted molar refractivity (Wildman–Crippen MR) is 115 cm³/mol. The van der Waals surface area contributed by atoms with Crippen molar-refractivity contribution < 1.29 is 4.79 Å². The maximum Gasteiger partial charge on any atom is 0.243 e. The van der Waals surface area contributed by atoms with Gasteiger partial charge >= 0.3 is 0 Å². The first-order valence-electron chi connectivity index (χ1n) is 7.75. The van der Waals surface area contributed by atoms with Crippen LogP contribution >= 0.6 is 39.9 Å². The van der Waals surface area contributed by atoms with Crippen molar-refractivity contribution in [2.45, 2.75) is 26.2 Å². The van der Waals surface area contributed by atoms with Crippen molar-refractivity contribution in [3.05, 3.63) is 34.3 Å². The van der Waals surface area contributed by atoms with Crippen LogP contribution < -0.4 is 10.6 Å². The van der Waals surface area contributed by atoms with E-state index >= 15 is 0 Å². The zero-order valence-corrected chi connectivity index (χ0v) is 18.9. The molecule has 0 unspecified atom stereocenters. The molecule has 0 aliphatic carbocycles. The summed E-state index contributed by atoms with van der Waals surface area (Å²) in [5.41, 5.74) is 1.15. The van der Waals surface area contributed by atoms with Crippen molar-refractivity contribution in [2.24, 2.45) is 4.99 Å². The number of hydrogen-bond acceptors (Lipinski definition) is 2. The van der Waals surface area contributed by atoms with Gasteiger partial charge in [-0.25, -0.2) is 4.99 Å². The Kier molecular flexibility index (Phi) is 10.5. The van der Waals surface area contributed by atoms with E-state index in [2.05, 4.69) is 51.5 Å². The molecule has 0 fully saturated rings. The largest absolute Gasteiger partial charge is 0.357 e. The number of guanidine groups is 1. The lowest BCUT2D eigenvalue weighted by Gasteiger charge is -2.28. The molecule has 1 aromatic carbocycles. The van der Waals surface area contributed by atoms with Gasteiger partial charge in [-0.15, -0.1) is 24.0 Å². The molecule has 2 N–H and O–H groups in total.